The second kappa shape index (κ2) is 6.20. The zero-order chi connectivity index (χ0) is 13.0. The maximum Gasteiger partial charge on any atom is 0.287 e. The molecule has 2 N–H and O–H groups in total. The summed E-state index contributed by atoms with van der Waals surface area (Å²) in [4.78, 5) is 11.9. The second-order valence-electron chi connectivity index (χ2n) is 4.59. The van der Waals surface area contributed by atoms with E-state index in [9.17, 15) is 4.79 Å². The number of hydrogen-bond donors (Lipinski definition) is 2. The first-order valence-corrected chi connectivity index (χ1v) is 6.83. The van der Waals surface area contributed by atoms with Crippen LogP contribution in [0.2, 0.25) is 5.02 Å². The zero-order valence-electron chi connectivity index (χ0n) is 10.6. The van der Waals surface area contributed by atoms with E-state index in [0.29, 0.717) is 18.3 Å². The van der Waals surface area contributed by atoms with Crippen molar-refractivity contribution in [3.63, 3.8) is 0 Å². The first-order valence-electron chi connectivity index (χ1n) is 6.45. The van der Waals surface area contributed by atoms with Crippen LogP contribution in [0.15, 0.2) is 11.0 Å². The lowest BCUT2D eigenvalue weighted by Gasteiger charge is -2.25. The molecule has 2 rings (SSSR count). The lowest BCUT2D eigenvalue weighted by atomic mass is 10.1. The molecule has 0 radical (unpaired) electrons. The van der Waals surface area contributed by atoms with E-state index in [1.54, 1.807) is 6.20 Å². The zero-order valence-corrected chi connectivity index (χ0v) is 11.3. The van der Waals surface area contributed by atoms with E-state index in [1.807, 2.05) is 6.92 Å². The Kier molecular flexibility index (Phi) is 4.60. The van der Waals surface area contributed by atoms with Crippen molar-refractivity contribution in [3.05, 3.63) is 21.6 Å². The lowest BCUT2D eigenvalue weighted by molar-refractivity contribution is 0.479. The average molecular weight is 271 g/mol. The highest BCUT2D eigenvalue weighted by Crippen LogP contribution is 2.18. The maximum atomic E-state index is 11.9. The molecule has 2 heterocycles. The fourth-order valence-corrected chi connectivity index (χ4v) is 2.33. The van der Waals surface area contributed by atoms with E-state index in [1.165, 1.54) is 4.68 Å². The number of aryl methyl sites for hydroxylation is 1. The molecule has 1 saturated heterocycles. The summed E-state index contributed by atoms with van der Waals surface area (Å²) >= 11 is 6.10. The van der Waals surface area contributed by atoms with Gasteiger partial charge in [0.25, 0.3) is 5.56 Å². The van der Waals surface area contributed by atoms with Crippen LogP contribution in [0.1, 0.15) is 26.2 Å². The van der Waals surface area contributed by atoms with E-state index < -0.39 is 0 Å². The standard InChI is InChI=1S/C12H19ClN4O/c1-2-6-17-12(18)11(13)10(8-15-17)16-9-4-3-5-14-7-9/h8-9,14,16H,2-7H2,1H3. The Bertz CT molecular complexity index is 454. The summed E-state index contributed by atoms with van der Waals surface area (Å²) in [6, 6.07) is 0.319. The summed E-state index contributed by atoms with van der Waals surface area (Å²) in [6.07, 6.45) is 4.73. The van der Waals surface area contributed by atoms with Crippen molar-refractivity contribution >= 4 is 17.3 Å². The normalized spacial score (nSPS) is 19.8. The number of halogens is 1. The molecule has 1 aliphatic heterocycles. The van der Waals surface area contributed by atoms with Gasteiger partial charge >= 0.3 is 0 Å². The summed E-state index contributed by atoms with van der Waals surface area (Å²) < 4.78 is 1.41. The number of aromatic nitrogens is 2. The van der Waals surface area contributed by atoms with Crippen LogP contribution in [-0.4, -0.2) is 28.9 Å². The largest absolute Gasteiger partial charge is 0.378 e. The molecule has 1 fully saturated rings. The van der Waals surface area contributed by atoms with E-state index >= 15 is 0 Å². The number of nitrogens with zero attached hydrogens (tertiary/aromatic N) is 2. The lowest BCUT2D eigenvalue weighted by Crippen LogP contribution is -2.39. The molecule has 18 heavy (non-hydrogen) atoms. The van der Waals surface area contributed by atoms with Crippen molar-refractivity contribution in [2.24, 2.45) is 0 Å². The molecule has 1 aromatic heterocycles. The van der Waals surface area contributed by atoms with Gasteiger partial charge in [-0.15, -0.1) is 0 Å². The Labute approximate surface area is 112 Å². The third-order valence-corrected chi connectivity index (χ3v) is 3.44. The SMILES string of the molecule is CCCn1ncc(NC2CCCNC2)c(Cl)c1=O. The summed E-state index contributed by atoms with van der Waals surface area (Å²) in [5.41, 5.74) is 0.426. The van der Waals surface area contributed by atoms with Gasteiger partial charge in [0.15, 0.2) is 0 Å². The Morgan fingerprint density at radius 1 is 1.67 bits per heavy atom. The minimum atomic E-state index is -0.215. The third-order valence-electron chi connectivity index (χ3n) is 3.08. The minimum absolute atomic E-state index is 0.215. The van der Waals surface area contributed by atoms with Gasteiger partial charge in [-0.05, 0) is 25.8 Å². The Balaban J connectivity index is 2.13. The van der Waals surface area contributed by atoms with Crippen LogP contribution in [0.4, 0.5) is 5.69 Å². The predicted octanol–water partition coefficient (Wildman–Crippen LogP) is 1.47. The van der Waals surface area contributed by atoms with Crippen LogP contribution in [0.3, 0.4) is 0 Å². The highest BCUT2D eigenvalue weighted by molar-refractivity contribution is 6.32. The Morgan fingerprint density at radius 2 is 2.50 bits per heavy atom. The summed E-state index contributed by atoms with van der Waals surface area (Å²) in [5.74, 6) is 0. The predicted molar refractivity (Wildman–Crippen MR) is 73.3 cm³/mol. The Hall–Kier alpha value is -1.07. The van der Waals surface area contributed by atoms with Gasteiger partial charge in [-0.25, -0.2) is 4.68 Å². The van der Waals surface area contributed by atoms with Gasteiger partial charge in [-0.2, -0.15) is 5.10 Å². The molecule has 0 bridgehead atoms. The van der Waals surface area contributed by atoms with Crippen LogP contribution in [-0.2, 0) is 6.54 Å². The van der Waals surface area contributed by atoms with Gasteiger partial charge in [0.2, 0.25) is 0 Å². The number of hydrogen-bond acceptors (Lipinski definition) is 4. The molecule has 0 saturated carbocycles. The first-order chi connectivity index (χ1) is 8.72. The van der Waals surface area contributed by atoms with Crippen molar-refractivity contribution in [2.45, 2.75) is 38.8 Å². The molecular weight excluding hydrogens is 252 g/mol. The highest BCUT2D eigenvalue weighted by Gasteiger charge is 2.16. The maximum absolute atomic E-state index is 11.9. The molecule has 1 aromatic rings. The van der Waals surface area contributed by atoms with E-state index in [0.717, 1.165) is 32.4 Å². The van der Waals surface area contributed by atoms with Gasteiger partial charge in [-0.3, -0.25) is 4.79 Å². The molecular formula is C12H19ClN4O. The Morgan fingerprint density at radius 3 is 3.17 bits per heavy atom. The van der Waals surface area contributed by atoms with Gasteiger partial charge in [0, 0.05) is 19.1 Å². The van der Waals surface area contributed by atoms with Crippen molar-refractivity contribution in [3.8, 4) is 0 Å². The molecule has 6 heteroatoms. The monoisotopic (exact) mass is 270 g/mol. The molecule has 1 unspecified atom stereocenters. The van der Waals surface area contributed by atoms with Crippen LogP contribution < -0.4 is 16.2 Å². The molecule has 0 aromatic carbocycles. The molecule has 1 atom stereocenters. The molecule has 0 spiro atoms. The van der Waals surface area contributed by atoms with E-state index in [4.69, 9.17) is 11.6 Å². The topological polar surface area (TPSA) is 59.0 Å². The number of nitrogens with one attached hydrogen (secondary N) is 2. The number of anilines is 1. The fourth-order valence-electron chi connectivity index (χ4n) is 2.13. The summed E-state index contributed by atoms with van der Waals surface area (Å²) in [7, 11) is 0. The number of piperidine rings is 1. The van der Waals surface area contributed by atoms with Crippen LogP contribution >= 0.6 is 11.6 Å². The second-order valence-corrected chi connectivity index (χ2v) is 4.97. The van der Waals surface area contributed by atoms with E-state index in [-0.39, 0.29) is 10.6 Å². The summed E-state index contributed by atoms with van der Waals surface area (Å²) in [5, 5.41) is 11.0. The average Bonchev–Trinajstić information content (AvgIpc) is 2.40. The minimum Gasteiger partial charge on any atom is -0.378 e. The van der Waals surface area contributed by atoms with Crippen molar-refractivity contribution in [1.82, 2.24) is 15.1 Å². The van der Waals surface area contributed by atoms with Crippen molar-refractivity contribution in [2.75, 3.05) is 18.4 Å². The van der Waals surface area contributed by atoms with E-state index in [2.05, 4.69) is 15.7 Å². The van der Waals surface area contributed by atoms with Crippen LogP contribution in [0.25, 0.3) is 0 Å². The van der Waals surface area contributed by atoms with Gasteiger partial charge in [-0.1, -0.05) is 18.5 Å². The molecule has 100 valence electrons. The molecule has 0 aliphatic carbocycles. The number of rotatable bonds is 4. The van der Waals surface area contributed by atoms with Gasteiger partial charge in [0.1, 0.15) is 5.02 Å². The smallest absolute Gasteiger partial charge is 0.287 e. The third kappa shape index (κ3) is 3.03. The fraction of sp³-hybridized carbons (Fsp3) is 0.667. The van der Waals surface area contributed by atoms with Crippen LogP contribution in [0.5, 0.6) is 0 Å². The van der Waals surface area contributed by atoms with Crippen molar-refractivity contribution < 1.29 is 0 Å². The molecule has 5 nitrogen and oxygen atoms in total. The quantitative estimate of drug-likeness (QED) is 0.870. The van der Waals surface area contributed by atoms with Crippen molar-refractivity contribution in [1.29, 1.82) is 0 Å². The molecule has 1 aliphatic rings. The van der Waals surface area contributed by atoms with Crippen LogP contribution in [0, 0.1) is 0 Å². The van der Waals surface area contributed by atoms with Gasteiger partial charge in [0.05, 0.1) is 11.9 Å². The van der Waals surface area contributed by atoms with Gasteiger partial charge < -0.3 is 10.6 Å². The first kappa shape index (κ1) is 13.4. The highest BCUT2D eigenvalue weighted by atomic mass is 35.5. The summed E-state index contributed by atoms with van der Waals surface area (Å²) in [6.45, 7) is 4.56. The molecule has 0 amide bonds.